The molecule has 0 fully saturated rings. The van der Waals surface area contributed by atoms with Crippen molar-refractivity contribution in [3.8, 4) is 45.8 Å². The molecule has 0 spiro atoms. The summed E-state index contributed by atoms with van der Waals surface area (Å²) in [7, 11) is 0. The smallest absolute Gasteiger partial charge is 0.101 e. The summed E-state index contributed by atoms with van der Waals surface area (Å²) >= 11 is 0. The molecule has 4 heteroatoms. The van der Waals surface area contributed by atoms with Gasteiger partial charge in [0.25, 0.3) is 0 Å². The molecular formula is C45H30N4. The van der Waals surface area contributed by atoms with Crippen molar-refractivity contribution in [3.63, 3.8) is 0 Å². The minimum atomic E-state index is 0.554. The summed E-state index contributed by atoms with van der Waals surface area (Å²) in [5.74, 6) is 0. The van der Waals surface area contributed by atoms with Crippen LogP contribution in [0.4, 0.5) is 0 Å². The number of nitriles is 2. The first kappa shape index (κ1) is 29.5. The van der Waals surface area contributed by atoms with Crippen LogP contribution in [0.3, 0.4) is 0 Å². The molecule has 2 aromatic heterocycles. The average molecular weight is 627 g/mol. The van der Waals surface area contributed by atoms with Crippen molar-refractivity contribution >= 4 is 38.8 Å². The number of hydrogen-bond donors (Lipinski definition) is 0. The van der Waals surface area contributed by atoms with Gasteiger partial charge in [0.15, 0.2) is 0 Å². The number of benzene rings is 6. The van der Waals surface area contributed by atoms with E-state index in [0.717, 1.165) is 66.6 Å². The maximum atomic E-state index is 10.9. The molecule has 230 valence electrons. The van der Waals surface area contributed by atoms with Crippen LogP contribution in [0.25, 0.3) is 72.4 Å². The van der Waals surface area contributed by atoms with Crippen LogP contribution in [-0.2, 0) is 0 Å². The first-order valence-corrected chi connectivity index (χ1v) is 16.2. The molecule has 0 N–H and O–H groups in total. The average Bonchev–Trinajstić information content (AvgIpc) is 3.64. The van der Waals surface area contributed by atoms with E-state index in [9.17, 15) is 10.5 Å². The predicted molar refractivity (Wildman–Crippen MR) is 202 cm³/mol. The Labute approximate surface area is 285 Å². The molecule has 0 unspecified atom stereocenters. The van der Waals surface area contributed by atoms with Gasteiger partial charge in [-0.3, -0.25) is 0 Å². The van der Waals surface area contributed by atoms with Crippen LogP contribution in [0.2, 0.25) is 0 Å². The van der Waals surface area contributed by atoms with E-state index in [4.69, 9.17) is 0 Å². The van der Waals surface area contributed by atoms with Gasteiger partial charge in [-0.1, -0.05) is 104 Å². The van der Waals surface area contributed by atoms with Gasteiger partial charge >= 0.3 is 0 Å². The van der Waals surface area contributed by atoms with Crippen molar-refractivity contribution in [2.45, 2.75) is 6.92 Å². The number of aryl methyl sites for hydroxylation is 1. The topological polar surface area (TPSA) is 57.4 Å². The molecule has 6 aromatic carbocycles. The second kappa shape index (κ2) is 12.0. The van der Waals surface area contributed by atoms with Gasteiger partial charge in [-0.2, -0.15) is 10.5 Å². The molecule has 0 radical (unpaired) electrons. The summed E-state index contributed by atoms with van der Waals surface area (Å²) < 4.78 is 4.49. The van der Waals surface area contributed by atoms with E-state index in [1.54, 1.807) is 6.08 Å². The Morgan fingerprint density at radius 1 is 0.592 bits per heavy atom. The number of para-hydroxylation sites is 3. The molecule has 49 heavy (non-hydrogen) atoms. The minimum Gasteiger partial charge on any atom is -0.309 e. The van der Waals surface area contributed by atoms with Crippen LogP contribution < -0.4 is 0 Å². The van der Waals surface area contributed by atoms with E-state index in [1.165, 1.54) is 10.9 Å². The third kappa shape index (κ3) is 4.75. The molecule has 0 aliphatic heterocycles. The van der Waals surface area contributed by atoms with E-state index in [1.807, 2.05) is 60.7 Å². The molecule has 8 rings (SSSR count). The number of fused-ring (bicyclic) bond motifs is 4. The quantitative estimate of drug-likeness (QED) is 0.172. The van der Waals surface area contributed by atoms with Gasteiger partial charge in [-0.05, 0) is 78.2 Å². The van der Waals surface area contributed by atoms with E-state index < -0.39 is 0 Å². The highest BCUT2D eigenvalue weighted by Gasteiger charge is 2.23. The molecule has 0 aliphatic carbocycles. The largest absolute Gasteiger partial charge is 0.309 e. The second-order valence-electron chi connectivity index (χ2n) is 12.1. The lowest BCUT2D eigenvalue weighted by molar-refractivity contribution is 1.10. The van der Waals surface area contributed by atoms with Crippen LogP contribution in [0.1, 0.15) is 22.4 Å². The zero-order valence-corrected chi connectivity index (χ0v) is 26.9. The van der Waals surface area contributed by atoms with Crippen molar-refractivity contribution in [1.29, 1.82) is 10.5 Å². The monoisotopic (exact) mass is 626 g/mol. The third-order valence-corrected chi connectivity index (χ3v) is 9.36. The van der Waals surface area contributed by atoms with Crippen molar-refractivity contribution in [1.82, 2.24) is 9.13 Å². The Kier molecular flexibility index (Phi) is 7.26. The summed E-state index contributed by atoms with van der Waals surface area (Å²) in [5, 5.41) is 23.8. The van der Waals surface area contributed by atoms with Gasteiger partial charge in [0, 0.05) is 33.0 Å². The highest BCUT2D eigenvalue weighted by Crippen LogP contribution is 2.42. The summed E-state index contributed by atoms with van der Waals surface area (Å²) in [6, 6.07) is 50.2. The van der Waals surface area contributed by atoms with Crippen LogP contribution >= 0.6 is 0 Å². The summed E-state index contributed by atoms with van der Waals surface area (Å²) in [4.78, 5) is 0. The Balaban J connectivity index is 1.46. The summed E-state index contributed by atoms with van der Waals surface area (Å²) in [6.07, 6.45) is 5.88. The van der Waals surface area contributed by atoms with E-state index in [2.05, 4.69) is 120 Å². The zero-order valence-electron chi connectivity index (χ0n) is 26.9. The van der Waals surface area contributed by atoms with Gasteiger partial charge in [-0.25, -0.2) is 0 Å². The van der Waals surface area contributed by atoms with Crippen molar-refractivity contribution < 1.29 is 0 Å². The van der Waals surface area contributed by atoms with Gasteiger partial charge < -0.3 is 9.13 Å². The Bertz CT molecular complexity index is 2710. The lowest BCUT2D eigenvalue weighted by Gasteiger charge is -2.20. The predicted octanol–water partition coefficient (Wildman–Crippen LogP) is 11.3. The fraction of sp³-hybridized carbons (Fsp3) is 0.0222. The van der Waals surface area contributed by atoms with E-state index >= 15 is 0 Å². The Morgan fingerprint density at radius 3 is 2.02 bits per heavy atom. The molecule has 0 atom stereocenters. The number of nitrogens with zero attached hydrogens (tertiary/aromatic N) is 4. The number of allylic oxidation sites excluding steroid dienone is 2. The maximum absolute atomic E-state index is 10.9. The molecule has 0 saturated heterocycles. The number of rotatable bonds is 6. The second-order valence-corrected chi connectivity index (χ2v) is 12.1. The summed E-state index contributed by atoms with van der Waals surface area (Å²) in [5.41, 5.74) is 12.2. The Hall–Kier alpha value is -6.88. The first-order valence-electron chi connectivity index (χ1n) is 16.2. The zero-order chi connectivity index (χ0) is 33.5. The number of hydrogen-bond acceptors (Lipinski definition) is 2. The van der Waals surface area contributed by atoms with Gasteiger partial charge in [0.2, 0.25) is 0 Å². The van der Waals surface area contributed by atoms with Crippen LogP contribution in [-0.4, -0.2) is 9.13 Å². The fourth-order valence-electron chi connectivity index (χ4n) is 7.19. The number of aromatic nitrogens is 2. The highest BCUT2D eigenvalue weighted by atomic mass is 15.0. The van der Waals surface area contributed by atoms with Crippen LogP contribution in [0, 0.1) is 29.6 Å². The SMILES string of the molecule is C=C/C=C\c1c(C)c2ccccc2n1-c1ccccc1-c1cc(C#N)c(-n2c3ccccc3c3cc(C#N)ccc32)c(-c2ccccc2)c1. The lowest BCUT2D eigenvalue weighted by atomic mass is 9.93. The fourth-order valence-corrected chi connectivity index (χ4v) is 7.19. The third-order valence-electron chi connectivity index (χ3n) is 9.36. The summed E-state index contributed by atoms with van der Waals surface area (Å²) in [6.45, 7) is 6.08. The van der Waals surface area contributed by atoms with Crippen molar-refractivity contribution in [3.05, 3.63) is 175 Å². The van der Waals surface area contributed by atoms with Crippen LogP contribution in [0.5, 0.6) is 0 Å². The van der Waals surface area contributed by atoms with E-state index in [0.29, 0.717) is 11.1 Å². The highest BCUT2D eigenvalue weighted by molar-refractivity contribution is 6.10. The van der Waals surface area contributed by atoms with Gasteiger partial charge in [-0.15, -0.1) is 0 Å². The molecule has 0 amide bonds. The Morgan fingerprint density at radius 2 is 1.27 bits per heavy atom. The molecular weight excluding hydrogens is 597 g/mol. The molecule has 0 aliphatic rings. The van der Waals surface area contributed by atoms with E-state index in [-0.39, 0.29) is 0 Å². The lowest BCUT2D eigenvalue weighted by Crippen LogP contribution is -2.03. The maximum Gasteiger partial charge on any atom is 0.101 e. The first-order chi connectivity index (χ1) is 24.1. The van der Waals surface area contributed by atoms with Crippen molar-refractivity contribution in [2.75, 3.05) is 0 Å². The van der Waals surface area contributed by atoms with Crippen LogP contribution in [0.15, 0.2) is 152 Å². The normalized spacial score (nSPS) is 11.3. The van der Waals surface area contributed by atoms with Crippen molar-refractivity contribution in [2.24, 2.45) is 0 Å². The molecule has 0 bridgehead atoms. The molecule has 8 aromatic rings. The van der Waals surface area contributed by atoms with Gasteiger partial charge in [0.1, 0.15) is 6.07 Å². The minimum absolute atomic E-state index is 0.554. The van der Waals surface area contributed by atoms with Gasteiger partial charge in [0.05, 0.1) is 45.1 Å². The standard InChI is InChI=1S/C45H30N4/c1-3-4-19-40-30(2)35-16-8-11-20-41(35)48(40)42-21-12-9-17-36(42)33-26-34(29-47)45(38(27-33)32-14-6-5-7-15-32)49-43-22-13-10-18-37(43)39-25-31(28-46)23-24-44(39)49/h3-27H,1H2,2H3/b19-4-. The molecule has 2 heterocycles. The molecule has 4 nitrogen and oxygen atoms in total. The molecule has 0 saturated carbocycles.